The first kappa shape index (κ1) is 7.52. The van der Waals surface area contributed by atoms with Crippen molar-refractivity contribution in [2.24, 2.45) is 5.92 Å². The van der Waals surface area contributed by atoms with E-state index in [4.69, 9.17) is 0 Å². The molecule has 0 aliphatic heterocycles. The summed E-state index contributed by atoms with van der Waals surface area (Å²) >= 11 is 0. The van der Waals surface area contributed by atoms with E-state index < -0.39 is 0 Å². The Balaban J connectivity index is 2.25. The van der Waals surface area contributed by atoms with Crippen LogP contribution in [0.15, 0.2) is 12.2 Å². The van der Waals surface area contributed by atoms with Crippen LogP contribution in [0.25, 0.3) is 0 Å². The fourth-order valence-corrected chi connectivity index (χ4v) is 1.53. The Bertz CT molecular complexity index is 121. The van der Waals surface area contributed by atoms with Crippen LogP contribution in [0.1, 0.15) is 32.1 Å². The van der Waals surface area contributed by atoms with Crippen LogP contribution in [0.5, 0.6) is 0 Å². The predicted molar refractivity (Wildman–Crippen MR) is 41.8 cm³/mol. The molecule has 1 saturated carbocycles. The van der Waals surface area contributed by atoms with Crippen LogP contribution in [0, 0.1) is 5.92 Å². The maximum absolute atomic E-state index is 9.96. The fraction of sp³-hybridized carbons (Fsp3) is 0.667. The number of allylic oxidation sites excluding steroid dienone is 2. The van der Waals surface area contributed by atoms with Gasteiger partial charge < -0.3 is 0 Å². The third kappa shape index (κ3) is 2.34. The summed E-state index contributed by atoms with van der Waals surface area (Å²) in [6.45, 7) is 0. The number of rotatable bonds is 2. The smallest absolute Gasteiger partial charge is 0.142 e. The first-order valence-electron chi connectivity index (χ1n) is 4.05. The zero-order chi connectivity index (χ0) is 7.23. The monoisotopic (exact) mass is 138 g/mol. The van der Waals surface area contributed by atoms with Crippen molar-refractivity contribution in [2.45, 2.75) is 32.1 Å². The molecule has 1 aliphatic rings. The van der Waals surface area contributed by atoms with Gasteiger partial charge >= 0.3 is 0 Å². The van der Waals surface area contributed by atoms with Crippen LogP contribution < -0.4 is 0 Å². The standard InChI is InChI=1S/C9H14O/c10-8-4-7-9-5-2-1-3-6-9/h4,7-9H,1-3,5-6H2. The van der Waals surface area contributed by atoms with Crippen LogP contribution in [0.4, 0.5) is 0 Å². The number of carbonyl (C=O) groups is 1. The molecule has 1 nitrogen and oxygen atoms in total. The molecular formula is C9H14O. The van der Waals surface area contributed by atoms with E-state index in [0.717, 1.165) is 6.29 Å². The van der Waals surface area contributed by atoms with Crippen molar-refractivity contribution >= 4 is 6.29 Å². The highest BCUT2D eigenvalue weighted by Crippen LogP contribution is 2.24. The molecule has 1 fully saturated rings. The third-order valence-corrected chi connectivity index (χ3v) is 2.11. The molecule has 1 rings (SSSR count). The number of carbonyl (C=O) groups excluding carboxylic acids is 1. The van der Waals surface area contributed by atoms with Gasteiger partial charge in [0.05, 0.1) is 0 Å². The highest BCUT2D eigenvalue weighted by atomic mass is 16.1. The van der Waals surface area contributed by atoms with Crippen molar-refractivity contribution in [3.8, 4) is 0 Å². The highest BCUT2D eigenvalue weighted by Gasteiger charge is 2.08. The molecule has 0 heterocycles. The van der Waals surface area contributed by atoms with E-state index in [1.54, 1.807) is 6.08 Å². The molecule has 0 bridgehead atoms. The van der Waals surface area contributed by atoms with Crippen molar-refractivity contribution in [2.75, 3.05) is 0 Å². The van der Waals surface area contributed by atoms with Gasteiger partial charge in [0.1, 0.15) is 6.29 Å². The van der Waals surface area contributed by atoms with E-state index in [1.165, 1.54) is 32.1 Å². The van der Waals surface area contributed by atoms with Crippen LogP contribution in [-0.2, 0) is 4.79 Å². The number of hydrogen-bond donors (Lipinski definition) is 0. The summed E-state index contributed by atoms with van der Waals surface area (Å²) in [5, 5.41) is 0. The van der Waals surface area contributed by atoms with E-state index >= 15 is 0 Å². The highest BCUT2D eigenvalue weighted by molar-refractivity contribution is 5.64. The SMILES string of the molecule is O=CC=CC1CCCCC1. The zero-order valence-electron chi connectivity index (χ0n) is 6.25. The van der Waals surface area contributed by atoms with Crippen LogP contribution in [0.3, 0.4) is 0 Å². The molecule has 0 unspecified atom stereocenters. The maximum atomic E-state index is 9.96. The maximum Gasteiger partial charge on any atom is 0.142 e. The van der Waals surface area contributed by atoms with Gasteiger partial charge in [-0.3, -0.25) is 4.79 Å². The molecule has 0 saturated heterocycles. The minimum absolute atomic E-state index is 0.693. The molecule has 0 spiro atoms. The van der Waals surface area contributed by atoms with Crippen molar-refractivity contribution < 1.29 is 4.79 Å². The second-order valence-corrected chi connectivity index (χ2v) is 2.92. The summed E-state index contributed by atoms with van der Waals surface area (Å²) in [6, 6.07) is 0. The van der Waals surface area contributed by atoms with Crippen LogP contribution in [-0.4, -0.2) is 6.29 Å². The molecule has 1 heteroatoms. The lowest BCUT2D eigenvalue weighted by atomic mass is 9.89. The summed E-state index contributed by atoms with van der Waals surface area (Å²) in [5.41, 5.74) is 0. The largest absolute Gasteiger partial charge is 0.299 e. The molecule has 1 aliphatic carbocycles. The average molecular weight is 138 g/mol. The van der Waals surface area contributed by atoms with Crippen LogP contribution in [0.2, 0.25) is 0 Å². The van der Waals surface area contributed by atoms with Gasteiger partial charge in [0.15, 0.2) is 0 Å². The molecule has 0 amide bonds. The Hall–Kier alpha value is -0.590. The number of hydrogen-bond acceptors (Lipinski definition) is 1. The molecule has 0 N–H and O–H groups in total. The minimum atomic E-state index is 0.693. The Morgan fingerprint density at radius 2 is 1.80 bits per heavy atom. The summed E-state index contributed by atoms with van der Waals surface area (Å²) in [5.74, 6) is 0.693. The van der Waals surface area contributed by atoms with E-state index in [9.17, 15) is 4.79 Å². The van der Waals surface area contributed by atoms with E-state index in [-0.39, 0.29) is 0 Å². The zero-order valence-corrected chi connectivity index (χ0v) is 6.25. The van der Waals surface area contributed by atoms with Gasteiger partial charge in [-0.2, -0.15) is 0 Å². The third-order valence-electron chi connectivity index (χ3n) is 2.11. The van der Waals surface area contributed by atoms with Crippen LogP contribution >= 0.6 is 0 Å². The van der Waals surface area contributed by atoms with Gasteiger partial charge in [-0.1, -0.05) is 25.3 Å². The van der Waals surface area contributed by atoms with Gasteiger partial charge in [-0.25, -0.2) is 0 Å². The second-order valence-electron chi connectivity index (χ2n) is 2.92. The normalized spacial score (nSPS) is 21.6. The van der Waals surface area contributed by atoms with E-state index in [2.05, 4.69) is 0 Å². The topological polar surface area (TPSA) is 17.1 Å². The first-order chi connectivity index (χ1) is 4.93. The Morgan fingerprint density at radius 1 is 1.10 bits per heavy atom. The molecular weight excluding hydrogens is 124 g/mol. The van der Waals surface area contributed by atoms with Gasteiger partial charge in [-0.15, -0.1) is 0 Å². The summed E-state index contributed by atoms with van der Waals surface area (Å²) in [7, 11) is 0. The molecule has 0 aromatic rings. The molecule has 0 aromatic carbocycles. The molecule has 0 atom stereocenters. The molecule has 0 radical (unpaired) electrons. The van der Waals surface area contributed by atoms with Crippen molar-refractivity contribution in [1.82, 2.24) is 0 Å². The van der Waals surface area contributed by atoms with Crippen molar-refractivity contribution in [1.29, 1.82) is 0 Å². The van der Waals surface area contributed by atoms with Gasteiger partial charge in [0.25, 0.3) is 0 Å². The quantitative estimate of drug-likeness (QED) is 0.423. The summed E-state index contributed by atoms with van der Waals surface area (Å²) in [6.07, 6.45) is 11.2. The van der Waals surface area contributed by atoms with Crippen molar-refractivity contribution in [3.63, 3.8) is 0 Å². The Morgan fingerprint density at radius 3 is 2.40 bits per heavy atom. The summed E-state index contributed by atoms with van der Waals surface area (Å²) in [4.78, 5) is 9.96. The molecule has 10 heavy (non-hydrogen) atoms. The molecule has 0 aromatic heterocycles. The minimum Gasteiger partial charge on any atom is -0.299 e. The van der Waals surface area contributed by atoms with Gasteiger partial charge in [0, 0.05) is 0 Å². The van der Waals surface area contributed by atoms with E-state index in [1.807, 2.05) is 6.08 Å². The lowest BCUT2D eigenvalue weighted by Gasteiger charge is -2.17. The summed E-state index contributed by atoms with van der Waals surface area (Å²) < 4.78 is 0. The van der Waals surface area contributed by atoms with Crippen molar-refractivity contribution in [3.05, 3.63) is 12.2 Å². The Labute approximate surface area is 62.1 Å². The second kappa shape index (κ2) is 4.26. The lowest BCUT2D eigenvalue weighted by molar-refractivity contribution is -0.104. The fourth-order valence-electron chi connectivity index (χ4n) is 1.53. The Kier molecular flexibility index (Phi) is 3.20. The average Bonchev–Trinajstić information content (AvgIpc) is 2.03. The van der Waals surface area contributed by atoms with Gasteiger partial charge in [0.2, 0.25) is 0 Å². The predicted octanol–water partition coefficient (Wildman–Crippen LogP) is 2.32. The molecule has 56 valence electrons. The first-order valence-corrected chi connectivity index (χ1v) is 4.05. The lowest BCUT2D eigenvalue weighted by Crippen LogP contribution is -2.02. The van der Waals surface area contributed by atoms with Gasteiger partial charge in [-0.05, 0) is 24.8 Å². The number of aldehydes is 1. The van der Waals surface area contributed by atoms with E-state index in [0.29, 0.717) is 5.92 Å².